The summed E-state index contributed by atoms with van der Waals surface area (Å²) in [5.74, 6) is -0.859. The van der Waals surface area contributed by atoms with Gasteiger partial charge in [0.25, 0.3) is 0 Å². The van der Waals surface area contributed by atoms with Gasteiger partial charge in [0.1, 0.15) is 5.75 Å². The van der Waals surface area contributed by atoms with Crippen LogP contribution in [0.25, 0.3) is 32.9 Å². The Bertz CT molecular complexity index is 1630. The van der Waals surface area contributed by atoms with Crippen LogP contribution in [0.15, 0.2) is 78.9 Å². The second-order valence-electron chi connectivity index (χ2n) is 8.20. The van der Waals surface area contributed by atoms with Gasteiger partial charge in [0.2, 0.25) is 5.91 Å². The number of rotatable bonds is 5. The van der Waals surface area contributed by atoms with Crippen LogP contribution in [0.2, 0.25) is 10.0 Å². The van der Waals surface area contributed by atoms with Gasteiger partial charge in [-0.05, 0) is 53.6 Å². The monoisotopic (exact) mass is 528 g/mol. The van der Waals surface area contributed by atoms with E-state index in [-0.39, 0.29) is 5.75 Å². The topological polar surface area (TPSA) is 57.2 Å². The Morgan fingerprint density at radius 2 is 1.67 bits per heavy atom. The van der Waals surface area contributed by atoms with Crippen molar-refractivity contribution in [3.63, 3.8) is 0 Å². The largest absolute Gasteiger partial charge is 0.573 e. The van der Waals surface area contributed by atoms with Crippen LogP contribution < -0.4 is 10.5 Å². The number of primary amides is 1. The minimum absolute atomic E-state index is 0.302. The zero-order chi connectivity index (χ0) is 25.6. The molecule has 36 heavy (non-hydrogen) atoms. The normalized spacial score (nSPS) is 11.8. The van der Waals surface area contributed by atoms with Crippen molar-refractivity contribution in [2.45, 2.75) is 12.9 Å². The van der Waals surface area contributed by atoms with Crippen LogP contribution in [-0.2, 0) is 6.54 Å². The molecule has 2 N–H and O–H groups in total. The SMILES string of the molecule is NC(=O)c1cccc2c1c1ccc(-c3ccc(Cl)cc3Cl)cc1n2Cc1ccc(OC(F)(F)F)cc1. The maximum atomic E-state index is 12.5. The van der Waals surface area contributed by atoms with Crippen molar-refractivity contribution in [2.75, 3.05) is 0 Å². The van der Waals surface area contributed by atoms with Gasteiger partial charge in [-0.1, -0.05) is 59.6 Å². The number of aromatic nitrogens is 1. The molecule has 1 amide bonds. The first-order chi connectivity index (χ1) is 17.1. The summed E-state index contributed by atoms with van der Waals surface area (Å²) < 4.78 is 43.6. The molecule has 0 spiro atoms. The van der Waals surface area contributed by atoms with Crippen molar-refractivity contribution in [2.24, 2.45) is 5.73 Å². The molecule has 0 radical (unpaired) electrons. The summed E-state index contributed by atoms with van der Waals surface area (Å²) in [6, 6.07) is 22.0. The van der Waals surface area contributed by atoms with Crippen molar-refractivity contribution in [1.29, 1.82) is 0 Å². The fourth-order valence-electron chi connectivity index (χ4n) is 4.39. The lowest BCUT2D eigenvalue weighted by Crippen LogP contribution is -2.17. The minimum atomic E-state index is -4.77. The second-order valence-corrected chi connectivity index (χ2v) is 9.04. The molecule has 0 saturated carbocycles. The number of amides is 1. The molecule has 0 atom stereocenters. The molecule has 4 aromatic carbocycles. The Morgan fingerprint density at radius 3 is 2.33 bits per heavy atom. The highest BCUT2D eigenvalue weighted by Crippen LogP contribution is 2.37. The standard InChI is InChI=1S/C27H17Cl2F3N2O2/c28-17-7-11-19(22(29)13-17)16-6-10-20-24(12-16)34(23-3-1-2-21(25(20)23)26(33)35)14-15-4-8-18(9-5-15)36-27(30,31)32/h1-13H,14H2,(H2,33,35). The van der Waals surface area contributed by atoms with Crippen molar-refractivity contribution in [1.82, 2.24) is 4.57 Å². The highest BCUT2D eigenvalue weighted by molar-refractivity contribution is 6.36. The van der Waals surface area contributed by atoms with Gasteiger partial charge in [-0.2, -0.15) is 0 Å². The molecule has 0 aliphatic heterocycles. The van der Waals surface area contributed by atoms with Gasteiger partial charge < -0.3 is 15.0 Å². The first kappa shape index (κ1) is 24.0. The summed E-state index contributed by atoms with van der Waals surface area (Å²) in [5, 5.41) is 2.52. The van der Waals surface area contributed by atoms with Crippen LogP contribution in [0.5, 0.6) is 5.75 Å². The Morgan fingerprint density at radius 1 is 0.917 bits per heavy atom. The molecular weight excluding hydrogens is 512 g/mol. The zero-order valence-corrected chi connectivity index (χ0v) is 20.0. The Labute approximate surface area is 213 Å². The van der Waals surface area contributed by atoms with Crippen LogP contribution >= 0.6 is 23.2 Å². The molecule has 4 nitrogen and oxygen atoms in total. The Balaban J connectivity index is 1.68. The van der Waals surface area contributed by atoms with E-state index in [1.54, 1.807) is 36.4 Å². The molecule has 0 bridgehead atoms. The van der Waals surface area contributed by atoms with E-state index in [2.05, 4.69) is 4.74 Å². The molecule has 182 valence electrons. The summed E-state index contributed by atoms with van der Waals surface area (Å²) in [6.07, 6.45) is -4.77. The number of nitrogens with two attached hydrogens (primary N) is 1. The van der Waals surface area contributed by atoms with Gasteiger partial charge in [-0.3, -0.25) is 4.79 Å². The third-order valence-electron chi connectivity index (χ3n) is 5.90. The third-order valence-corrected chi connectivity index (χ3v) is 6.44. The third kappa shape index (κ3) is 4.59. The number of halogens is 5. The Hall–Kier alpha value is -3.68. The van der Waals surface area contributed by atoms with E-state index in [9.17, 15) is 18.0 Å². The van der Waals surface area contributed by atoms with Crippen molar-refractivity contribution < 1.29 is 22.7 Å². The minimum Gasteiger partial charge on any atom is -0.406 e. The Kier molecular flexibility index (Phi) is 6.06. The molecule has 0 aliphatic rings. The van der Waals surface area contributed by atoms with E-state index < -0.39 is 12.3 Å². The first-order valence-corrected chi connectivity index (χ1v) is 11.5. The van der Waals surface area contributed by atoms with Crippen molar-refractivity contribution in [3.05, 3.63) is 100 Å². The number of alkyl halides is 3. The highest BCUT2D eigenvalue weighted by Gasteiger charge is 2.31. The molecule has 0 aliphatic carbocycles. The molecule has 1 aromatic heterocycles. The van der Waals surface area contributed by atoms with Gasteiger partial charge >= 0.3 is 6.36 Å². The maximum Gasteiger partial charge on any atom is 0.573 e. The van der Waals surface area contributed by atoms with Gasteiger partial charge in [-0.25, -0.2) is 0 Å². The lowest BCUT2D eigenvalue weighted by atomic mass is 10.0. The molecule has 5 rings (SSSR count). The summed E-state index contributed by atoms with van der Waals surface area (Å²) >= 11 is 12.5. The molecule has 0 unspecified atom stereocenters. The van der Waals surface area contributed by atoms with E-state index >= 15 is 0 Å². The van der Waals surface area contributed by atoms with Crippen LogP contribution in [0, 0.1) is 0 Å². The lowest BCUT2D eigenvalue weighted by Gasteiger charge is -2.12. The predicted octanol–water partition coefficient (Wildman–Crippen LogP) is 7.81. The van der Waals surface area contributed by atoms with Crippen LogP contribution in [-0.4, -0.2) is 16.8 Å². The summed E-state index contributed by atoms with van der Waals surface area (Å²) in [4.78, 5) is 12.2. The van der Waals surface area contributed by atoms with E-state index in [1.807, 2.05) is 34.9 Å². The van der Waals surface area contributed by atoms with E-state index in [0.717, 1.165) is 33.1 Å². The number of nitrogens with zero attached hydrogens (tertiary/aromatic N) is 1. The van der Waals surface area contributed by atoms with Gasteiger partial charge in [0, 0.05) is 38.5 Å². The average molecular weight is 529 g/mol. The number of hydrogen-bond acceptors (Lipinski definition) is 2. The summed E-state index contributed by atoms with van der Waals surface area (Å²) in [6.45, 7) is 0.326. The van der Waals surface area contributed by atoms with E-state index in [0.29, 0.717) is 27.5 Å². The quantitative estimate of drug-likeness (QED) is 0.253. The molecule has 1 heterocycles. The molecular formula is C27H17Cl2F3N2O2. The molecule has 0 fully saturated rings. The number of carbonyl (C=O) groups is 1. The summed E-state index contributed by atoms with van der Waals surface area (Å²) in [5.41, 5.74) is 9.97. The second kappa shape index (κ2) is 9.08. The van der Waals surface area contributed by atoms with Gasteiger partial charge in [-0.15, -0.1) is 13.2 Å². The van der Waals surface area contributed by atoms with E-state index in [1.165, 1.54) is 12.1 Å². The number of benzene rings is 4. The van der Waals surface area contributed by atoms with Gasteiger partial charge in [0.15, 0.2) is 0 Å². The fraction of sp³-hybridized carbons (Fsp3) is 0.0741. The highest BCUT2D eigenvalue weighted by atomic mass is 35.5. The molecule has 5 aromatic rings. The number of carbonyl (C=O) groups excluding carboxylic acids is 1. The van der Waals surface area contributed by atoms with Crippen LogP contribution in [0.1, 0.15) is 15.9 Å². The molecule has 9 heteroatoms. The first-order valence-electron chi connectivity index (χ1n) is 10.8. The average Bonchev–Trinajstić information content (AvgIpc) is 3.12. The molecule has 0 saturated heterocycles. The van der Waals surface area contributed by atoms with Crippen LogP contribution in [0.4, 0.5) is 13.2 Å². The maximum absolute atomic E-state index is 12.5. The smallest absolute Gasteiger partial charge is 0.406 e. The lowest BCUT2D eigenvalue weighted by molar-refractivity contribution is -0.274. The number of ether oxygens (including phenoxy) is 1. The zero-order valence-electron chi connectivity index (χ0n) is 18.4. The predicted molar refractivity (Wildman–Crippen MR) is 136 cm³/mol. The van der Waals surface area contributed by atoms with E-state index in [4.69, 9.17) is 28.9 Å². The fourth-order valence-corrected chi connectivity index (χ4v) is 4.91. The van der Waals surface area contributed by atoms with Gasteiger partial charge in [0.05, 0.1) is 11.0 Å². The van der Waals surface area contributed by atoms with Crippen LogP contribution in [0.3, 0.4) is 0 Å². The van der Waals surface area contributed by atoms with Crippen molar-refractivity contribution in [3.8, 4) is 16.9 Å². The number of fused-ring (bicyclic) bond motifs is 3. The summed E-state index contributed by atoms with van der Waals surface area (Å²) in [7, 11) is 0. The number of hydrogen-bond donors (Lipinski definition) is 1. The van der Waals surface area contributed by atoms with Crippen molar-refractivity contribution >= 4 is 50.9 Å².